The highest BCUT2D eigenvalue weighted by atomic mass is 35.5. The molecule has 0 aliphatic heterocycles. The summed E-state index contributed by atoms with van der Waals surface area (Å²) >= 11 is 7.38. The first-order valence-electron chi connectivity index (χ1n) is 5.67. The lowest BCUT2D eigenvalue weighted by Crippen LogP contribution is -2.23. The zero-order valence-corrected chi connectivity index (χ0v) is 13.3. The second-order valence-corrected chi connectivity index (χ2v) is 7.48. The smallest absolute Gasteiger partial charge is 0.241 e. The van der Waals surface area contributed by atoms with E-state index >= 15 is 0 Å². The van der Waals surface area contributed by atoms with Gasteiger partial charge in [-0.05, 0) is 25.1 Å². The number of rotatable bonds is 5. The Morgan fingerprint density at radius 1 is 1.45 bits per heavy atom. The lowest BCUT2D eigenvalue weighted by molar-refractivity contribution is 0.414. The molecule has 0 amide bonds. The van der Waals surface area contributed by atoms with E-state index in [-0.39, 0.29) is 16.5 Å². The van der Waals surface area contributed by atoms with Crippen LogP contribution in [0.4, 0.5) is 0 Å². The van der Waals surface area contributed by atoms with Gasteiger partial charge in [0.1, 0.15) is 10.8 Å². The Labute approximate surface area is 126 Å². The lowest BCUT2D eigenvalue weighted by atomic mass is 10.3. The predicted octanol–water partition coefficient (Wildman–Crippen LogP) is 2.59. The van der Waals surface area contributed by atoms with Crippen LogP contribution in [-0.2, 0) is 16.6 Å². The highest BCUT2D eigenvalue weighted by Gasteiger charge is 2.16. The van der Waals surface area contributed by atoms with E-state index in [1.807, 2.05) is 6.92 Å². The Hall–Kier alpha value is -1.15. The molecule has 0 atom stereocenters. The van der Waals surface area contributed by atoms with Crippen molar-refractivity contribution in [3.8, 4) is 5.75 Å². The van der Waals surface area contributed by atoms with Crippen LogP contribution < -0.4 is 9.46 Å². The number of sulfonamides is 1. The molecular formula is C12H13ClN2O3S2. The molecule has 0 aliphatic carbocycles. The molecule has 0 spiro atoms. The molecule has 2 rings (SSSR count). The summed E-state index contributed by atoms with van der Waals surface area (Å²) in [6, 6.07) is 4.32. The van der Waals surface area contributed by atoms with Gasteiger partial charge in [0.05, 0.1) is 23.6 Å². The highest BCUT2D eigenvalue weighted by Crippen LogP contribution is 2.26. The Balaban J connectivity index is 2.15. The van der Waals surface area contributed by atoms with Gasteiger partial charge in [-0.1, -0.05) is 11.6 Å². The zero-order valence-electron chi connectivity index (χ0n) is 10.9. The average molecular weight is 333 g/mol. The number of nitrogens with one attached hydrogen (secondary N) is 1. The molecule has 108 valence electrons. The first-order valence-corrected chi connectivity index (χ1v) is 8.34. The highest BCUT2D eigenvalue weighted by molar-refractivity contribution is 7.89. The van der Waals surface area contributed by atoms with Crippen LogP contribution in [0.5, 0.6) is 5.75 Å². The third-order valence-corrected chi connectivity index (χ3v) is 5.12. The van der Waals surface area contributed by atoms with Gasteiger partial charge in [0.2, 0.25) is 10.0 Å². The van der Waals surface area contributed by atoms with E-state index in [2.05, 4.69) is 9.71 Å². The molecule has 0 radical (unpaired) electrons. The van der Waals surface area contributed by atoms with Crippen molar-refractivity contribution in [2.24, 2.45) is 0 Å². The number of hydrogen-bond acceptors (Lipinski definition) is 5. The van der Waals surface area contributed by atoms with Gasteiger partial charge in [0.25, 0.3) is 0 Å². The number of methoxy groups -OCH3 is 1. The maximum absolute atomic E-state index is 12.1. The molecule has 5 nitrogen and oxygen atoms in total. The van der Waals surface area contributed by atoms with Gasteiger partial charge in [-0.15, -0.1) is 11.3 Å². The molecule has 0 saturated carbocycles. The summed E-state index contributed by atoms with van der Waals surface area (Å²) in [4.78, 5) is 5.23. The molecule has 0 aliphatic rings. The average Bonchev–Trinajstić information content (AvgIpc) is 2.82. The van der Waals surface area contributed by atoms with Gasteiger partial charge < -0.3 is 4.74 Å². The molecule has 8 heteroatoms. The van der Waals surface area contributed by atoms with E-state index in [9.17, 15) is 8.42 Å². The minimum Gasteiger partial charge on any atom is -0.495 e. The van der Waals surface area contributed by atoms with Crippen LogP contribution in [0.15, 0.2) is 29.3 Å². The summed E-state index contributed by atoms with van der Waals surface area (Å²) in [7, 11) is -2.15. The molecule has 0 fully saturated rings. The summed E-state index contributed by atoms with van der Waals surface area (Å²) in [5, 5.41) is 0.964. The number of benzene rings is 1. The minimum atomic E-state index is -3.62. The molecule has 1 aromatic heterocycles. The summed E-state index contributed by atoms with van der Waals surface area (Å²) in [6.45, 7) is 2.07. The number of hydrogen-bond donors (Lipinski definition) is 1. The summed E-state index contributed by atoms with van der Waals surface area (Å²) in [5.74, 6) is 0.432. The zero-order chi connectivity index (χ0) is 14.8. The summed E-state index contributed by atoms with van der Waals surface area (Å²) in [6.07, 6.45) is 1.71. The Morgan fingerprint density at radius 2 is 2.20 bits per heavy atom. The van der Waals surface area contributed by atoms with Crippen LogP contribution in [-0.4, -0.2) is 20.5 Å². The fourth-order valence-corrected chi connectivity index (χ4v) is 3.69. The third kappa shape index (κ3) is 3.49. The number of aryl methyl sites for hydroxylation is 1. The Kier molecular flexibility index (Phi) is 4.64. The van der Waals surface area contributed by atoms with Crippen LogP contribution in [0.1, 0.15) is 9.88 Å². The standard InChI is InChI=1S/C12H13ClN2O3S2/c1-8-6-14-12(19-8)7-15-20(16,17)9-3-4-11(18-2)10(13)5-9/h3-6,15H,7H2,1-2H3. The Morgan fingerprint density at radius 3 is 2.75 bits per heavy atom. The SMILES string of the molecule is COc1ccc(S(=O)(=O)NCc2ncc(C)s2)cc1Cl. The van der Waals surface area contributed by atoms with Crippen molar-refractivity contribution in [2.75, 3.05) is 7.11 Å². The quantitative estimate of drug-likeness (QED) is 0.913. The van der Waals surface area contributed by atoms with Crippen LogP contribution in [0.25, 0.3) is 0 Å². The number of ether oxygens (including phenoxy) is 1. The van der Waals surface area contributed by atoms with Crippen molar-refractivity contribution in [3.05, 3.63) is 39.3 Å². The van der Waals surface area contributed by atoms with Crippen LogP contribution >= 0.6 is 22.9 Å². The maximum Gasteiger partial charge on any atom is 0.241 e. The van der Waals surface area contributed by atoms with Crippen LogP contribution in [0.3, 0.4) is 0 Å². The van der Waals surface area contributed by atoms with Gasteiger partial charge in [-0.25, -0.2) is 18.1 Å². The van der Waals surface area contributed by atoms with E-state index in [0.29, 0.717) is 10.8 Å². The number of thiazole rings is 1. The molecule has 1 heterocycles. The summed E-state index contributed by atoms with van der Waals surface area (Å²) < 4.78 is 31.7. The molecule has 0 saturated heterocycles. The first-order chi connectivity index (χ1) is 9.42. The predicted molar refractivity (Wildman–Crippen MR) is 78.9 cm³/mol. The van der Waals surface area contributed by atoms with E-state index in [1.165, 1.54) is 36.6 Å². The Bertz CT molecular complexity index is 713. The van der Waals surface area contributed by atoms with E-state index in [0.717, 1.165) is 4.88 Å². The van der Waals surface area contributed by atoms with Gasteiger partial charge in [-0.2, -0.15) is 0 Å². The maximum atomic E-state index is 12.1. The molecule has 1 aromatic carbocycles. The largest absolute Gasteiger partial charge is 0.495 e. The molecule has 2 aromatic rings. The van der Waals surface area contributed by atoms with Gasteiger partial charge >= 0.3 is 0 Å². The van der Waals surface area contributed by atoms with Crippen molar-refractivity contribution in [1.82, 2.24) is 9.71 Å². The second kappa shape index (κ2) is 6.09. The molecule has 20 heavy (non-hydrogen) atoms. The second-order valence-electron chi connectivity index (χ2n) is 3.99. The van der Waals surface area contributed by atoms with Crippen molar-refractivity contribution >= 4 is 33.0 Å². The van der Waals surface area contributed by atoms with E-state index in [1.54, 1.807) is 6.20 Å². The fourth-order valence-electron chi connectivity index (χ4n) is 1.54. The van der Waals surface area contributed by atoms with Gasteiger partial charge in [-0.3, -0.25) is 0 Å². The van der Waals surface area contributed by atoms with E-state index < -0.39 is 10.0 Å². The van der Waals surface area contributed by atoms with Crippen molar-refractivity contribution < 1.29 is 13.2 Å². The van der Waals surface area contributed by atoms with Crippen LogP contribution in [0.2, 0.25) is 5.02 Å². The van der Waals surface area contributed by atoms with Crippen molar-refractivity contribution in [3.63, 3.8) is 0 Å². The monoisotopic (exact) mass is 332 g/mol. The fraction of sp³-hybridized carbons (Fsp3) is 0.250. The molecular weight excluding hydrogens is 320 g/mol. The number of aromatic nitrogens is 1. The van der Waals surface area contributed by atoms with Gasteiger partial charge in [0.15, 0.2) is 0 Å². The molecule has 0 bridgehead atoms. The number of halogens is 1. The first kappa shape index (κ1) is 15.2. The minimum absolute atomic E-state index is 0.0941. The van der Waals surface area contributed by atoms with Gasteiger partial charge in [0, 0.05) is 11.1 Å². The molecule has 0 unspecified atom stereocenters. The number of nitrogens with zero attached hydrogens (tertiary/aromatic N) is 1. The lowest BCUT2D eigenvalue weighted by Gasteiger charge is -2.08. The van der Waals surface area contributed by atoms with Crippen molar-refractivity contribution in [1.29, 1.82) is 0 Å². The summed E-state index contributed by atoms with van der Waals surface area (Å²) in [5.41, 5.74) is 0. The normalized spacial score (nSPS) is 11.6. The van der Waals surface area contributed by atoms with E-state index in [4.69, 9.17) is 16.3 Å². The van der Waals surface area contributed by atoms with Crippen molar-refractivity contribution in [2.45, 2.75) is 18.4 Å². The molecule has 1 N–H and O–H groups in total. The third-order valence-electron chi connectivity index (χ3n) is 2.52. The van der Waals surface area contributed by atoms with Crippen LogP contribution in [0, 0.1) is 6.92 Å². The topological polar surface area (TPSA) is 68.3 Å².